The molecule has 2 rings (SSSR count). The zero-order valence-electron chi connectivity index (χ0n) is 9.79. The SMILES string of the molecule is CC(O)CN(C)Cc1cc(=O)n2[nH]cnc2n1. The molecule has 1 atom stereocenters. The predicted octanol–water partition coefficient (Wildman–Crippen LogP) is -0.770. The number of rotatable bonds is 4. The van der Waals surface area contributed by atoms with Crippen molar-refractivity contribution >= 4 is 5.78 Å². The maximum Gasteiger partial charge on any atom is 0.274 e. The van der Waals surface area contributed by atoms with Crippen molar-refractivity contribution in [2.45, 2.75) is 19.6 Å². The van der Waals surface area contributed by atoms with Gasteiger partial charge in [0.05, 0.1) is 11.8 Å². The van der Waals surface area contributed by atoms with Crippen molar-refractivity contribution in [3.63, 3.8) is 0 Å². The fourth-order valence-corrected chi connectivity index (χ4v) is 1.74. The number of hydrogen-bond donors (Lipinski definition) is 2. The lowest BCUT2D eigenvalue weighted by Gasteiger charge is -2.17. The highest BCUT2D eigenvalue weighted by Crippen LogP contribution is 1.99. The van der Waals surface area contributed by atoms with Crippen LogP contribution in [0, 0.1) is 0 Å². The highest BCUT2D eigenvalue weighted by atomic mass is 16.3. The maximum absolute atomic E-state index is 11.6. The van der Waals surface area contributed by atoms with Crippen LogP contribution in [0.5, 0.6) is 0 Å². The maximum atomic E-state index is 11.6. The smallest absolute Gasteiger partial charge is 0.274 e. The first kappa shape index (κ1) is 11.7. The van der Waals surface area contributed by atoms with Gasteiger partial charge in [0.25, 0.3) is 11.3 Å². The summed E-state index contributed by atoms with van der Waals surface area (Å²) in [5, 5.41) is 11.9. The molecule has 0 saturated heterocycles. The van der Waals surface area contributed by atoms with Crippen molar-refractivity contribution in [1.29, 1.82) is 0 Å². The van der Waals surface area contributed by atoms with Gasteiger partial charge < -0.3 is 5.11 Å². The Balaban J connectivity index is 2.21. The number of nitrogens with one attached hydrogen (secondary N) is 1. The number of fused-ring (bicyclic) bond motifs is 1. The van der Waals surface area contributed by atoms with E-state index in [0.717, 1.165) is 0 Å². The first-order chi connectivity index (χ1) is 8.06. The summed E-state index contributed by atoms with van der Waals surface area (Å²) in [6.07, 6.45) is 1.02. The molecule has 0 bridgehead atoms. The number of aliphatic hydroxyl groups is 1. The van der Waals surface area contributed by atoms with Gasteiger partial charge in [-0.05, 0) is 14.0 Å². The highest BCUT2D eigenvalue weighted by molar-refractivity contribution is 5.25. The molecule has 0 saturated carbocycles. The highest BCUT2D eigenvalue weighted by Gasteiger charge is 2.08. The largest absolute Gasteiger partial charge is 0.392 e. The third kappa shape index (κ3) is 2.69. The summed E-state index contributed by atoms with van der Waals surface area (Å²) >= 11 is 0. The van der Waals surface area contributed by atoms with E-state index in [-0.39, 0.29) is 5.56 Å². The summed E-state index contributed by atoms with van der Waals surface area (Å²) in [7, 11) is 1.86. The van der Waals surface area contributed by atoms with Gasteiger partial charge in [0, 0.05) is 19.2 Å². The molecule has 0 aliphatic rings. The Kier molecular flexibility index (Phi) is 3.21. The number of aliphatic hydroxyl groups excluding tert-OH is 1. The van der Waals surface area contributed by atoms with Crippen LogP contribution in [-0.4, -0.2) is 49.3 Å². The normalized spacial score (nSPS) is 13.4. The van der Waals surface area contributed by atoms with Crippen LogP contribution < -0.4 is 5.56 Å². The number of hydrogen-bond acceptors (Lipinski definition) is 5. The molecule has 0 spiro atoms. The Hall–Kier alpha value is -1.73. The second-order valence-corrected chi connectivity index (χ2v) is 4.15. The summed E-state index contributed by atoms with van der Waals surface area (Å²) in [5.41, 5.74) is 0.457. The molecule has 0 aromatic carbocycles. The van der Waals surface area contributed by atoms with E-state index in [2.05, 4.69) is 15.1 Å². The summed E-state index contributed by atoms with van der Waals surface area (Å²) in [4.78, 5) is 21.7. The number of aromatic amines is 1. The first-order valence-corrected chi connectivity index (χ1v) is 5.35. The standard InChI is InChI=1S/C10H15N5O2/c1-7(16)4-14(2)5-8-3-9(17)15-10(13-8)11-6-12-15/h3,6-7,16H,4-5H2,1-2H3,(H,11,12,13). The molecular formula is C10H15N5O2. The van der Waals surface area contributed by atoms with E-state index < -0.39 is 6.10 Å². The molecule has 0 aliphatic heterocycles. The van der Waals surface area contributed by atoms with Gasteiger partial charge in [0.2, 0.25) is 0 Å². The van der Waals surface area contributed by atoms with Gasteiger partial charge in [0.1, 0.15) is 6.33 Å². The first-order valence-electron chi connectivity index (χ1n) is 5.35. The minimum absolute atomic E-state index is 0.187. The third-order valence-corrected chi connectivity index (χ3v) is 2.33. The Morgan fingerprint density at radius 2 is 2.41 bits per heavy atom. The van der Waals surface area contributed by atoms with Crippen LogP contribution in [0.25, 0.3) is 5.78 Å². The molecule has 92 valence electrons. The average molecular weight is 237 g/mol. The molecule has 2 N–H and O–H groups in total. The van der Waals surface area contributed by atoms with Crippen LogP contribution >= 0.6 is 0 Å². The molecule has 0 aliphatic carbocycles. The summed E-state index contributed by atoms with van der Waals surface area (Å²) in [6, 6.07) is 1.46. The number of aromatic nitrogens is 4. The summed E-state index contributed by atoms with van der Waals surface area (Å²) < 4.78 is 1.28. The van der Waals surface area contributed by atoms with Crippen molar-refractivity contribution in [3.8, 4) is 0 Å². The molecule has 0 amide bonds. The Morgan fingerprint density at radius 3 is 3.12 bits per heavy atom. The molecular weight excluding hydrogens is 222 g/mol. The van der Waals surface area contributed by atoms with Crippen LogP contribution in [0.3, 0.4) is 0 Å². The topological polar surface area (TPSA) is 86.5 Å². The molecule has 7 heteroatoms. The second-order valence-electron chi connectivity index (χ2n) is 4.15. The quantitative estimate of drug-likeness (QED) is 0.729. The van der Waals surface area contributed by atoms with Gasteiger partial charge in [-0.2, -0.15) is 4.52 Å². The molecule has 0 radical (unpaired) electrons. The number of likely N-dealkylation sites (N-methyl/N-ethyl adjacent to an activating group) is 1. The van der Waals surface area contributed by atoms with Gasteiger partial charge in [0.15, 0.2) is 0 Å². The van der Waals surface area contributed by atoms with Crippen LogP contribution in [0.15, 0.2) is 17.2 Å². The number of nitrogens with zero attached hydrogens (tertiary/aromatic N) is 4. The lowest BCUT2D eigenvalue weighted by atomic mass is 10.3. The van der Waals surface area contributed by atoms with E-state index in [9.17, 15) is 9.90 Å². The molecule has 17 heavy (non-hydrogen) atoms. The third-order valence-electron chi connectivity index (χ3n) is 2.33. The average Bonchev–Trinajstić information content (AvgIpc) is 2.64. The Bertz CT molecular complexity index is 559. The van der Waals surface area contributed by atoms with Gasteiger partial charge in [-0.15, -0.1) is 0 Å². The van der Waals surface area contributed by atoms with Gasteiger partial charge >= 0.3 is 0 Å². The molecule has 2 heterocycles. The minimum atomic E-state index is -0.407. The lowest BCUT2D eigenvalue weighted by molar-refractivity contribution is 0.138. The summed E-state index contributed by atoms with van der Waals surface area (Å²) in [6.45, 7) is 2.75. The second kappa shape index (κ2) is 4.64. The van der Waals surface area contributed by atoms with Crippen molar-refractivity contribution in [1.82, 2.24) is 24.5 Å². The van der Waals surface area contributed by atoms with Gasteiger partial charge in [-0.1, -0.05) is 0 Å². The fourth-order valence-electron chi connectivity index (χ4n) is 1.74. The van der Waals surface area contributed by atoms with Crippen LogP contribution in [0.4, 0.5) is 0 Å². The Morgan fingerprint density at radius 1 is 1.65 bits per heavy atom. The lowest BCUT2D eigenvalue weighted by Crippen LogP contribution is -2.28. The van der Waals surface area contributed by atoms with Crippen LogP contribution in [0.1, 0.15) is 12.6 Å². The van der Waals surface area contributed by atoms with E-state index in [0.29, 0.717) is 24.6 Å². The predicted molar refractivity (Wildman–Crippen MR) is 61.6 cm³/mol. The molecule has 7 nitrogen and oxygen atoms in total. The van der Waals surface area contributed by atoms with Crippen LogP contribution in [0.2, 0.25) is 0 Å². The Labute approximate surface area is 97.7 Å². The van der Waals surface area contributed by atoms with E-state index in [1.807, 2.05) is 11.9 Å². The van der Waals surface area contributed by atoms with E-state index in [1.165, 1.54) is 16.9 Å². The fraction of sp³-hybridized carbons (Fsp3) is 0.500. The monoisotopic (exact) mass is 237 g/mol. The van der Waals surface area contributed by atoms with E-state index >= 15 is 0 Å². The molecule has 0 fully saturated rings. The zero-order valence-corrected chi connectivity index (χ0v) is 9.79. The zero-order chi connectivity index (χ0) is 12.4. The van der Waals surface area contributed by atoms with Gasteiger partial charge in [-0.3, -0.25) is 14.8 Å². The minimum Gasteiger partial charge on any atom is -0.392 e. The van der Waals surface area contributed by atoms with E-state index in [1.54, 1.807) is 6.92 Å². The van der Waals surface area contributed by atoms with Crippen LogP contribution in [-0.2, 0) is 6.54 Å². The van der Waals surface area contributed by atoms with Crippen molar-refractivity contribution < 1.29 is 5.11 Å². The van der Waals surface area contributed by atoms with Crippen molar-refractivity contribution in [2.24, 2.45) is 0 Å². The van der Waals surface area contributed by atoms with Gasteiger partial charge in [-0.25, -0.2) is 9.97 Å². The number of H-pyrrole nitrogens is 1. The summed E-state index contributed by atoms with van der Waals surface area (Å²) in [5.74, 6) is 0.359. The molecule has 1 unspecified atom stereocenters. The molecule has 2 aromatic rings. The molecule has 2 aromatic heterocycles. The van der Waals surface area contributed by atoms with Crippen molar-refractivity contribution in [2.75, 3.05) is 13.6 Å². The van der Waals surface area contributed by atoms with Crippen molar-refractivity contribution in [3.05, 3.63) is 28.4 Å². The van der Waals surface area contributed by atoms with E-state index in [4.69, 9.17) is 0 Å².